The lowest BCUT2D eigenvalue weighted by atomic mass is 9.72. The van der Waals surface area contributed by atoms with Crippen LogP contribution in [0.3, 0.4) is 0 Å². The average Bonchev–Trinajstić information content (AvgIpc) is 2.33. The molecule has 1 aromatic rings. The maximum Gasteiger partial charge on any atom is 0.146 e. The number of hydrogen-bond acceptors (Lipinski definition) is 1. The lowest BCUT2D eigenvalue weighted by molar-refractivity contribution is -0.0301. The molecule has 1 nitrogen and oxygen atoms in total. The molecule has 0 aliphatic heterocycles. The van der Waals surface area contributed by atoms with Crippen LogP contribution in [0.1, 0.15) is 51.5 Å². The highest BCUT2D eigenvalue weighted by Crippen LogP contribution is 2.44. The van der Waals surface area contributed by atoms with Crippen LogP contribution in [-0.2, 0) is 5.60 Å². The van der Waals surface area contributed by atoms with Crippen molar-refractivity contribution in [2.24, 2.45) is 11.8 Å². The van der Waals surface area contributed by atoms with E-state index in [2.05, 4.69) is 29.8 Å². The van der Waals surface area contributed by atoms with Crippen molar-refractivity contribution in [1.29, 1.82) is 0 Å². The summed E-state index contributed by atoms with van der Waals surface area (Å²) in [4.78, 5) is 0. The molecule has 1 aromatic carbocycles. The molecule has 2 unspecified atom stereocenters. The summed E-state index contributed by atoms with van der Waals surface area (Å²) in [7, 11) is 0. The van der Waals surface area contributed by atoms with E-state index in [0.29, 0.717) is 24.7 Å². The molecule has 0 saturated heterocycles. The molecule has 1 saturated carbocycles. The molecule has 1 N–H and O–H groups in total. The second-order valence-electron chi connectivity index (χ2n) is 6.34. The fourth-order valence-electron chi connectivity index (χ4n) is 3.41. The molecule has 1 aliphatic carbocycles. The van der Waals surface area contributed by atoms with E-state index in [4.69, 9.17) is 0 Å². The summed E-state index contributed by atoms with van der Waals surface area (Å²) in [5, 5.41) is 10.8. The molecule has 1 fully saturated rings. The topological polar surface area (TPSA) is 20.2 Å². The molecule has 20 heavy (non-hydrogen) atoms. The summed E-state index contributed by atoms with van der Waals surface area (Å²) in [6.07, 6.45) is 3.68. The number of benzene rings is 1. The van der Waals surface area contributed by atoms with E-state index in [0.717, 1.165) is 19.3 Å². The predicted octanol–water partition coefficient (Wildman–Crippen LogP) is 5.15. The minimum Gasteiger partial charge on any atom is -0.385 e. The van der Waals surface area contributed by atoms with E-state index in [9.17, 15) is 13.9 Å². The standard InChI is InChI=1S/C16H21BrF2O/c1-10(2)8-11-4-3-7-16(20,9-11)14-13(18)6-5-12(17)15(14)19/h5-6,10-11,20H,3-4,7-9H2,1-2H3. The summed E-state index contributed by atoms with van der Waals surface area (Å²) >= 11 is 3.07. The van der Waals surface area contributed by atoms with E-state index in [-0.39, 0.29) is 10.0 Å². The van der Waals surface area contributed by atoms with Crippen molar-refractivity contribution in [1.82, 2.24) is 0 Å². The zero-order chi connectivity index (χ0) is 14.9. The normalized spacial score (nSPS) is 27.1. The van der Waals surface area contributed by atoms with Gasteiger partial charge in [-0.1, -0.05) is 20.3 Å². The van der Waals surface area contributed by atoms with Gasteiger partial charge in [0.1, 0.15) is 11.6 Å². The second kappa shape index (κ2) is 6.10. The van der Waals surface area contributed by atoms with Crippen LogP contribution in [0.25, 0.3) is 0 Å². The Morgan fingerprint density at radius 3 is 2.75 bits per heavy atom. The number of rotatable bonds is 3. The van der Waals surface area contributed by atoms with Crippen molar-refractivity contribution in [3.05, 3.63) is 33.8 Å². The van der Waals surface area contributed by atoms with Gasteiger partial charge in [0.2, 0.25) is 0 Å². The maximum atomic E-state index is 14.2. The average molecular weight is 347 g/mol. The summed E-state index contributed by atoms with van der Waals surface area (Å²) < 4.78 is 28.5. The smallest absolute Gasteiger partial charge is 0.146 e. The quantitative estimate of drug-likeness (QED) is 0.750. The van der Waals surface area contributed by atoms with Gasteiger partial charge in [0.15, 0.2) is 0 Å². The molecule has 2 rings (SSSR count). The first-order chi connectivity index (χ1) is 9.33. The molecule has 0 radical (unpaired) electrons. The molecular weight excluding hydrogens is 326 g/mol. The third-order valence-corrected chi connectivity index (χ3v) is 4.76. The first-order valence-corrected chi connectivity index (χ1v) is 7.99. The van der Waals surface area contributed by atoms with E-state index in [1.807, 2.05) is 0 Å². The van der Waals surface area contributed by atoms with Gasteiger partial charge < -0.3 is 5.11 Å². The van der Waals surface area contributed by atoms with Crippen LogP contribution < -0.4 is 0 Å². The molecule has 0 bridgehead atoms. The van der Waals surface area contributed by atoms with E-state index in [1.165, 1.54) is 12.1 Å². The Labute approximate surface area is 127 Å². The third kappa shape index (κ3) is 3.22. The monoisotopic (exact) mass is 346 g/mol. The van der Waals surface area contributed by atoms with Gasteiger partial charge in [0.05, 0.1) is 15.6 Å². The largest absolute Gasteiger partial charge is 0.385 e. The molecule has 2 atom stereocenters. The van der Waals surface area contributed by atoms with Crippen LogP contribution >= 0.6 is 15.9 Å². The minimum absolute atomic E-state index is 0.166. The van der Waals surface area contributed by atoms with Crippen molar-refractivity contribution < 1.29 is 13.9 Å². The highest BCUT2D eigenvalue weighted by Gasteiger charge is 2.40. The Morgan fingerprint density at radius 2 is 2.10 bits per heavy atom. The van der Waals surface area contributed by atoms with Gasteiger partial charge in [-0.25, -0.2) is 8.78 Å². The molecule has 112 valence electrons. The van der Waals surface area contributed by atoms with Crippen LogP contribution in [0.4, 0.5) is 8.78 Å². The zero-order valence-corrected chi connectivity index (χ0v) is 13.5. The Kier molecular flexibility index (Phi) is 4.85. The van der Waals surface area contributed by atoms with Crippen molar-refractivity contribution >= 4 is 15.9 Å². The van der Waals surface area contributed by atoms with E-state index in [1.54, 1.807) is 0 Å². The van der Waals surface area contributed by atoms with Gasteiger partial charge in [0.25, 0.3) is 0 Å². The SMILES string of the molecule is CC(C)CC1CCCC(O)(c2c(F)ccc(Br)c2F)C1. The van der Waals surface area contributed by atoms with Crippen molar-refractivity contribution in [2.75, 3.05) is 0 Å². The highest BCUT2D eigenvalue weighted by molar-refractivity contribution is 9.10. The number of hydrogen-bond donors (Lipinski definition) is 1. The fourth-order valence-corrected chi connectivity index (χ4v) is 3.74. The molecule has 1 aliphatic rings. The van der Waals surface area contributed by atoms with E-state index >= 15 is 0 Å². The first-order valence-electron chi connectivity index (χ1n) is 7.20. The first kappa shape index (κ1) is 15.9. The van der Waals surface area contributed by atoms with Crippen LogP contribution in [0.2, 0.25) is 0 Å². The van der Waals surface area contributed by atoms with Gasteiger partial charge in [-0.05, 0) is 65.6 Å². The van der Waals surface area contributed by atoms with Crippen molar-refractivity contribution in [3.63, 3.8) is 0 Å². The van der Waals surface area contributed by atoms with Gasteiger partial charge >= 0.3 is 0 Å². The third-order valence-electron chi connectivity index (χ3n) is 4.14. The lowest BCUT2D eigenvalue weighted by Gasteiger charge is -2.38. The van der Waals surface area contributed by atoms with Gasteiger partial charge in [0, 0.05) is 0 Å². The summed E-state index contributed by atoms with van der Waals surface area (Å²) in [5.74, 6) is -0.470. The van der Waals surface area contributed by atoms with Gasteiger partial charge in [-0.3, -0.25) is 0 Å². The Hall–Kier alpha value is -0.480. The zero-order valence-electron chi connectivity index (χ0n) is 11.9. The second-order valence-corrected chi connectivity index (χ2v) is 7.20. The molecule has 0 heterocycles. The molecule has 0 spiro atoms. The van der Waals surface area contributed by atoms with Crippen LogP contribution in [0.5, 0.6) is 0 Å². The van der Waals surface area contributed by atoms with Crippen LogP contribution in [0, 0.1) is 23.5 Å². The molecule has 4 heteroatoms. The van der Waals surface area contributed by atoms with Crippen molar-refractivity contribution in [2.45, 2.75) is 51.6 Å². The summed E-state index contributed by atoms with van der Waals surface area (Å²) in [6.45, 7) is 4.27. The number of aliphatic hydroxyl groups is 1. The minimum atomic E-state index is -1.38. The Balaban J connectivity index is 2.33. The summed E-state index contributed by atoms with van der Waals surface area (Å²) in [6, 6.07) is 2.55. The van der Waals surface area contributed by atoms with Crippen LogP contribution in [0.15, 0.2) is 16.6 Å². The predicted molar refractivity (Wildman–Crippen MR) is 79.4 cm³/mol. The Bertz CT molecular complexity index is 490. The fraction of sp³-hybridized carbons (Fsp3) is 0.625. The van der Waals surface area contributed by atoms with Crippen LogP contribution in [-0.4, -0.2) is 5.11 Å². The molecular formula is C16H21BrF2O. The van der Waals surface area contributed by atoms with Gasteiger partial charge in [-0.15, -0.1) is 0 Å². The van der Waals surface area contributed by atoms with E-state index < -0.39 is 17.2 Å². The molecule has 0 aromatic heterocycles. The Morgan fingerprint density at radius 1 is 1.40 bits per heavy atom. The van der Waals surface area contributed by atoms with Gasteiger partial charge in [-0.2, -0.15) is 0 Å². The number of halogens is 3. The summed E-state index contributed by atoms with van der Waals surface area (Å²) in [5.41, 5.74) is -1.55. The molecule has 0 amide bonds. The van der Waals surface area contributed by atoms with Crippen molar-refractivity contribution in [3.8, 4) is 0 Å². The highest BCUT2D eigenvalue weighted by atomic mass is 79.9. The maximum absolute atomic E-state index is 14.2. The lowest BCUT2D eigenvalue weighted by Crippen LogP contribution is -2.35.